The van der Waals surface area contributed by atoms with Crippen LogP contribution in [0.15, 0.2) is 60.7 Å². The monoisotopic (exact) mass is 345 g/mol. The predicted octanol–water partition coefficient (Wildman–Crippen LogP) is 3.67. The largest absolute Gasteiger partial charge is 0.300 e. The number of piperazine rings is 1. The highest BCUT2D eigenvalue weighted by atomic mass is 15.3. The Bertz CT molecular complexity index is 711. The number of nitriles is 1. The summed E-state index contributed by atoms with van der Waals surface area (Å²) in [7, 11) is 0. The summed E-state index contributed by atoms with van der Waals surface area (Å²) in [5.74, 6) is 0. The number of hydrogen-bond acceptors (Lipinski definition) is 3. The Morgan fingerprint density at radius 3 is 2.19 bits per heavy atom. The molecule has 0 aliphatic carbocycles. The molecular formula is C23H27N3. The van der Waals surface area contributed by atoms with Gasteiger partial charge in [0.05, 0.1) is 6.07 Å². The van der Waals surface area contributed by atoms with E-state index in [4.69, 9.17) is 0 Å². The lowest BCUT2D eigenvalue weighted by molar-refractivity contribution is 0.101. The Morgan fingerprint density at radius 1 is 0.923 bits per heavy atom. The highest BCUT2D eigenvalue weighted by Gasteiger charge is 2.36. The summed E-state index contributed by atoms with van der Waals surface area (Å²) in [6.07, 6.45) is 3.51. The minimum absolute atomic E-state index is 0.574. The van der Waals surface area contributed by atoms with Gasteiger partial charge in [-0.15, -0.1) is 0 Å². The van der Waals surface area contributed by atoms with Crippen LogP contribution in [-0.4, -0.2) is 48.6 Å². The van der Waals surface area contributed by atoms with Crippen LogP contribution >= 0.6 is 0 Å². The molecule has 0 amide bonds. The van der Waals surface area contributed by atoms with Crippen molar-refractivity contribution in [3.63, 3.8) is 0 Å². The molecule has 2 heterocycles. The van der Waals surface area contributed by atoms with Gasteiger partial charge in [-0.2, -0.15) is 5.26 Å². The van der Waals surface area contributed by atoms with Crippen LogP contribution in [0.4, 0.5) is 0 Å². The zero-order valence-corrected chi connectivity index (χ0v) is 15.3. The summed E-state index contributed by atoms with van der Waals surface area (Å²) in [4.78, 5) is 5.22. The molecule has 4 rings (SSSR count). The van der Waals surface area contributed by atoms with Gasteiger partial charge >= 0.3 is 0 Å². The molecule has 134 valence electrons. The lowest BCUT2D eigenvalue weighted by Crippen LogP contribution is -2.50. The lowest BCUT2D eigenvalue weighted by atomic mass is 9.73. The first-order valence-electron chi connectivity index (χ1n) is 9.80. The van der Waals surface area contributed by atoms with E-state index < -0.39 is 5.41 Å². The Hall–Kier alpha value is -2.15. The molecule has 2 aromatic carbocycles. The van der Waals surface area contributed by atoms with E-state index in [9.17, 15) is 5.26 Å². The molecule has 0 aromatic heterocycles. The fourth-order valence-corrected chi connectivity index (χ4v) is 4.67. The van der Waals surface area contributed by atoms with Gasteiger partial charge in [-0.1, -0.05) is 60.7 Å². The molecule has 3 nitrogen and oxygen atoms in total. The number of benzene rings is 2. The lowest BCUT2D eigenvalue weighted by Gasteiger charge is -2.39. The molecule has 2 aliphatic heterocycles. The normalized spacial score (nSPS) is 21.3. The average molecular weight is 345 g/mol. The summed E-state index contributed by atoms with van der Waals surface area (Å²) < 4.78 is 0. The fraction of sp³-hybridized carbons (Fsp3) is 0.435. The van der Waals surface area contributed by atoms with Crippen LogP contribution in [0.1, 0.15) is 30.4 Å². The van der Waals surface area contributed by atoms with Crippen molar-refractivity contribution in [3.8, 4) is 6.07 Å². The molecule has 2 aliphatic rings. The average Bonchev–Trinajstić information content (AvgIpc) is 3.18. The second-order valence-electron chi connectivity index (χ2n) is 7.63. The first kappa shape index (κ1) is 17.3. The topological polar surface area (TPSA) is 30.3 Å². The van der Waals surface area contributed by atoms with Gasteiger partial charge in [-0.25, -0.2) is 0 Å². The SMILES string of the molecule is N#CC(CCN1CCN2CCCC2C1)(c1ccccc1)c1ccccc1. The highest BCUT2D eigenvalue weighted by Crippen LogP contribution is 2.35. The van der Waals surface area contributed by atoms with Crippen LogP contribution in [0.5, 0.6) is 0 Å². The Balaban J connectivity index is 1.57. The second-order valence-corrected chi connectivity index (χ2v) is 7.63. The molecule has 0 saturated carbocycles. The molecule has 1 atom stereocenters. The highest BCUT2D eigenvalue weighted by molar-refractivity contribution is 5.45. The van der Waals surface area contributed by atoms with E-state index in [1.54, 1.807) is 0 Å². The van der Waals surface area contributed by atoms with Crippen molar-refractivity contribution in [2.75, 3.05) is 32.7 Å². The standard InChI is InChI=1S/C23H27N3/c24-19-23(20-8-3-1-4-9-20,21-10-5-2-6-11-21)13-15-25-16-17-26-14-7-12-22(26)18-25/h1-6,8-11,22H,7,12-18H2. The quantitative estimate of drug-likeness (QED) is 0.828. The van der Waals surface area contributed by atoms with Crippen LogP contribution in [0.3, 0.4) is 0 Å². The third-order valence-electron chi connectivity index (χ3n) is 6.20. The Morgan fingerprint density at radius 2 is 1.58 bits per heavy atom. The Kier molecular flexibility index (Phi) is 5.06. The van der Waals surface area contributed by atoms with Crippen LogP contribution in [0, 0.1) is 11.3 Å². The van der Waals surface area contributed by atoms with Crippen molar-refractivity contribution in [3.05, 3.63) is 71.8 Å². The molecular weight excluding hydrogens is 318 g/mol. The van der Waals surface area contributed by atoms with Gasteiger partial charge in [0.1, 0.15) is 5.41 Å². The third-order valence-corrected chi connectivity index (χ3v) is 6.20. The van der Waals surface area contributed by atoms with E-state index >= 15 is 0 Å². The van der Waals surface area contributed by atoms with E-state index in [0.29, 0.717) is 0 Å². The molecule has 1 unspecified atom stereocenters. The van der Waals surface area contributed by atoms with E-state index in [2.05, 4.69) is 40.1 Å². The number of fused-ring (bicyclic) bond motifs is 1. The van der Waals surface area contributed by atoms with E-state index in [1.165, 1.54) is 25.9 Å². The van der Waals surface area contributed by atoms with Gasteiger partial charge in [0.15, 0.2) is 0 Å². The number of hydrogen-bond donors (Lipinski definition) is 0. The molecule has 0 N–H and O–H groups in total. The minimum Gasteiger partial charge on any atom is -0.300 e. The Labute approximate surface area is 156 Å². The zero-order valence-electron chi connectivity index (χ0n) is 15.3. The summed E-state index contributed by atoms with van der Waals surface area (Å²) in [5, 5.41) is 10.3. The molecule has 2 fully saturated rings. The maximum Gasteiger partial charge on any atom is 0.108 e. The minimum atomic E-state index is -0.574. The van der Waals surface area contributed by atoms with Crippen molar-refractivity contribution in [1.29, 1.82) is 5.26 Å². The van der Waals surface area contributed by atoms with Crippen molar-refractivity contribution < 1.29 is 0 Å². The number of nitrogens with zero attached hydrogens (tertiary/aromatic N) is 3. The fourth-order valence-electron chi connectivity index (χ4n) is 4.67. The second kappa shape index (κ2) is 7.61. The molecule has 0 radical (unpaired) electrons. The van der Waals surface area contributed by atoms with Gasteiger partial charge in [0, 0.05) is 32.2 Å². The van der Waals surface area contributed by atoms with Gasteiger partial charge in [0.2, 0.25) is 0 Å². The van der Waals surface area contributed by atoms with E-state index in [1.807, 2.05) is 36.4 Å². The van der Waals surface area contributed by atoms with E-state index in [-0.39, 0.29) is 0 Å². The first-order valence-corrected chi connectivity index (χ1v) is 9.80. The van der Waals surface area contributed by atoms with Crippen molar-refractivity contribution >= 4 is 0 Å². The van der Waals surface area contributed by atoms with Crippen LogP contribution in [0.25, 0.3) is 0 Å². The van der Waals surface area contributed by atoms with Gasteiger partial charge in [-0.05, 0) is 36.9 Å². The molecule has 0 spiro atoms. The zero-order chi connectivity index (χ0) is 17.8. The smallest absolute Gasteiger partial charge is 0.108 e. The summed E-state index contributed by atoms with van der Waals surface area (Å²) in [6.45, 7) is 5.71. The maximum atomic E-state index is 10.3. The van der Waals surface area contributed by atoms with Gasteiger partial charge in [-0.3, -0.25) is 4.90 Å². The van der Waals surface area contributed by atoms with Crippen LogP contribution in [0.2, 0.25) is 0 Å². The summed E-state index contributed by atoms with van der Waals surface area (Å²) in [6, 6.07) is 24.1. The van der Waals surface area contributed by atoms with E-state index in [0.717, 1.165) is 43.2 Å². The van der Waals surface area contributed by atoms with Crippen molar-refractivity contribution in [2.24, 2.45) is 0 Å². The third kappa shape index (κ3) is 3.28. The van der Waals surface area contributed by atoms with Gasteiger partial charge < -0.3 is 4.90 Å². The molecule has 26 heavy (non-hydrogen) atoms. The van der Waals surface area contributed by atoms with Crippen molar-refractivity contribution in [2.45, 2.75) is 30.7 Å². The maximum absolute atomic E-state index is 10.3. The molecule has 3 heteroatoms. The summed E-state index contributed by atoms with van der Waals surface area (Å²) >= 11 is 0. The van der Waals surface area contributed by atoms with Gasteiger partial charge in [0.25, 0.3) is 0 Å². The summed E-state index contributed by atoms with van der Waals surface area (Å²) in [5.41, 5.74) is 1.64. The number of rotatable bonds is 5. The molecule has 2 saturated heterocycles. The molecule has 2 aromatic rings. The first-order chi connectivity index (χ1) is 12.8. The predicted molar refractivity (Wildman–Crippen MR) is 105 cm³/mol. The van der Waals surface area contributed by atoms with Crippen LogP contribution < -0.4 is 0 Å². The van der Waals surface area contributed by atoms with Crippen molar-refractivity contribution in [1.82, 2.24) is 9.80 Å². The van der Waals surface area contributed by atoms with Crippen LogP contribution in [-0.2, 0) is 5.41 Å². The molecule has 0 bridgehead atoms.